The van der Waals surface area contributed by atoms with Crippen molar-refractivity contribution in [2.24, 2.45) is 17.8 Å². The molecule has 0 spiro atoms. The van der Waals surface area contributed by atoms with Crippen molar-refractivity contribution in [3.63, 3.8) is 0 Å². The minimum Gasteiger partial charge on any atom is -0.491 e. The van der Waals surface area contributed by atoms with E-state index < -0.39 is 0 Å². The molecule has 1 aliphatic carbocycles. The number of rotatable bonds is 17. The topological polar surface area (TPSA) is 89.5 Å². The Balaban J connectivity index is 1.72. The van der Waals surface area contributed by atoms with Crippen LogP contribution in [0, 0.1) is 17.8 Å². The van der Waals surface area contributed by atoms with Crippen LogP contribution >= 0.6 is 0 Å². The number of ether oxygens (including phenoxy) is 6. The maximum absolute atomic E-state index is 13.0. The lowest BCUT2D eigenvalue weighted by atomic mass is 9.76. The van der Waals surface area contributed by atoms with Gasteiger partial charge in [0.15, 0.2) is 0 Å². The Bertz CT molecular complexity index is 682. The van der Waals surface area contributed by atoms with Gasteiger partial charge in [-0.2, -0.15) is 0 Å². The van der Waals surface area contributed by atoms with Gasteiger partial charge in [-0.15, -0.1) is 0 Å². The Hall–Kier alpha value is -2.00. The average molecular weight is 467 g/mol. The van der Waals surface area contributed by atoms with E-state index in [9.17, 15) is 9.59 Å². The van der Waals surface area contributed by atoms with Crippen LogP contribution in [0.1, 0.15) is 32.6 Å². The molecule has 1 fully saturated rings. The molecule has 8 heteroatoms. The summed E-state index contributed by atoms with van der Waals surface area (Å²) in [5, 5.41) is 0. The molecule has 8 nitrogen and oxygen atoms in total. The Kier molecular flexibility index (Phi) is 13.0. The molecule has 1 aromatic carbocycles. The molecule has 0 saturated heterocycles. The molecular formula is C25H38O8. The lowest BCUT2D eigenvalue weighted by Gasteiger charge is -2.28. The monoisotopic (exact) mass is 466 g/mol. The summed E-state index contributed by atoms with van der Waals surface area (Å²) in [4.78, 5) is 24.6. The first kappa shape index (κ1) is 27.2. The third kappa shape index (κ3) is 10.2. The second kappa shape index (κ2) is 15.8. The Labute approximate surface area is 196 Å². The fourth-order valence-corrected chi connectivity index (χ4v) is 3.92. The van der Waals surface area contributed by atoms with Gasteiger partial charge in [-0.3, -0.25) is 9.59 Å². The van der Waals surface area contributed by atoms with Crippen LogP contribution in [-0.4, -0.2) is 72.2 Å². The van der Waals surface area contributed by atoms with Gasteiger partial charge < -0.3 is 28.4 Å². The van der Waals surface area contributed by atoms with Crippen molar-refractivity contribution < 1.29 is 38.0 Å². The smallest absolute Gasteiger partial charge is 0.146 e. The summed E-state index contributed by atoms with van der Waals surface area (Å²) in [5.41, 5.74) is 0. The van der Waals surface area contributed by atoms with Gasteiger partial charge in [0.05, 0.1) is 32.3 Å². The SMILES string of the molecule is COCCOc1ccc(OCCOCC(COCOC)C(=O)C2CCC(C(C)=O)CC2)cc1. The summed E-state index contributed by atoms with van der Waals surface area (Å²) < 4.78 is 32.3. The number of ketones is 2. The molecule has 1 unspecified atom stereocenters. The van der Waals surface area contributed by atoms with Gasteiger partial charge in [-0.25, -0.2) is 0 Å². The summed E-state index contributed by atoms with van der Waals surface area (Å²) in [7, 11) is 3.18. The van der Waals surface area contributed by atoms with Gasteiger partial charge in [0.2, 0.25) is 0 Å². The van der Waals surface area contributed by atoms with E-state index >= 15 is 0 Å². The van der Waals surface area contributed by atoms with Crippen molar-refractivity contribution in [2.75, 3.05) is 60.7 Å². The highest BCUT2D eigenvalue weighted by molar-refractivity contribution is 5.84. The van der Waals surface area contributed by atoms with E-state index in [-0.39, 0.29) is 49.3 Å². The summed E-state index contributed by atoms with van der Waals surface area (Å²) in [5.74, 6) is 1.54. The van der Waals surface area contributed by atoms with E-state index in [1.54, 1.807) is 21.1 Å². The largest absolute Gasteiger partial charge is 0.491 e. The third-order valence-corrected chi connectivity index (χ3v) is 5.82. The van der Waals surface area contributed by atoms with E-state index in [4.69, 9.17) is 28.4 Å². The summed E-state index contributed by atoms with van der Waals surface area (Å²) in [6.07, 6.45) is 3.06. The molecule has 1 atom stereocenters. The van der Waals surface area contributed by atoms with Gasteiger partial charge in [0, 0.05) is 26.1 Å². The molecular weight excluding hydrogens is 428 g/mol. The van der Waals surface area contributed by atoms with Gasteiger partial charge in [0.25, 0.3) is 0 Å². The maximum atomic E-state index is 13.0. The molecule has 0 aromatic heterocycles. The second-order valence-electron chi connectivity index (χ2n) is 8.27. The van der Waals surface area contributed by atoms with Gasteiger partial charge in [-0.05, 0) is 56.9 Å². The van der Waals surface area contributed by atoms with Crippen LogP contribution in [0.2, 0.25) is 0 Å². The second-order valence-corrected chi connectivity index (χ2v) is 8.27. The Morgan fingerprint density at radius 2 is 1.33 bits per heavy atom. The lowest BCUT2D eigenvalue weighted by Crippen LogP contribution is -2.34. The van der Waals surface area contributed by atoms with Gasteiger partial charge in [-0.1, -0.05) is 0 Å². The van der Waals surface area contributed by atoms with E-state index in [1.165, 1.54) is 0 Å². The molecule has 1 aliphatic rings. The fraction of sp³-hybridized carbons (Fsp3) is 0.680. The molecule has 186 valence electrons. The first-order valence-electron chi connectivity index (χ1n) is 11.6. The Morgan fingerprint density at radius 1 is 0.788 bits per heavy atom. The highest BCUT2D eigenvalue weighted by atomic mass is 16.7. The molecule has 1 aromatic rings. The molecule has 0 bridgehead atoms. The zero-order valence-corrected chi connectivity index (χ0v) is 20.1. The van der Waals surface area contributed by atoms with E-state index in [0.717, 1.165) is 37.2 Å². The van der Waals surface area contributed by atoms with Crippen LogP contribution in [-0.2, 0) is 28.5 Å². The predicted molar refractivity (Wildman–Crippen MR) is 123 cm³/mol. The van der Waals surface area contributed by atoms with E-state index in [2.05, 4.69) is 0 Å². The predicted octanol–water partition coefficient (Wildman–Crippen LogP) is 3.31. The minimum atomic E-state index is -0.359. The highest BCUT2D eigenvalue weighted by Crippen LogP contribution is 2.31. The summed E-state index contributed by atoms with van der Waals surface area (Å²) >= 11 is 0. The van der Waals surface area contributed by atoms with Crippen LogP contribution in [0.5, 0.6) is 11.5 Å². The summed E-state index contributed by atoms with van der Waals surface area (Å²) in [6, 6.07) is 7.36. The molecule has 0 radical (unpaired) electrons. The molecule has 0 heterocycles. The Morgan fingerprint density at radius 3 is 1.88 bits per heavy atom. The van der Waals surface area contributed by atoms with Crippen molar-refractivity contribution in [3.05, 3.63) is 24.3 Å². The average Bonchev–Trinajstić information content (AvgIpc) is 2.83. The van der Waals surface area contributed by atoms with Crippen molar-refractivity contribution >= 4 is 11.6 Å². The van der Waals surface area contributed by atoms with Crippen molar-refractivity contribution in [2.45, 2.75) is 32.6 Å². The van der Waals surface area contributed by atoms with Crippen LogP contribution < -0.4 is 9.47 Å². The standard InChI is InChI=1S/C25H38O8/c1-19(26)20-4-6-21(7-5-20)25(27)22(17-31-18-29-3)16-30-13-15-33-24-10-8-23(9-11-24)32-14-12-28-2/h8-11,20-22H,4-7,12-18H2,1-3H3. The molecule has 33 heavy (non-hydrogen) atoms. The maximum Gasteiger partial charge on any atom is 0.146 e. The lowest BCUT2D eigenvalue weighted by molar-refractivity contribution is -0.136. The van der Waals surface area contributed by atoms with Gasteiger partial charge >= 0.3 is 0 Å². The number of hydrogen-bond donors (Lipinski definition) is 0. The quantitative estimate of drug-likeness (QED) is 0.255. The van der Waals surface area contributed by atoms with Crippen LogP contribution in [0.4, 0.5) is 0 Å². The van der Waals surface area contributed by atoms with Crippen LogP contribution in [0.15, 0.2) is 24.3 Å². The molecule has 1 saturated carbocycles. The number of Topliss-reactive ketones (excluding diaryl/α,β-unsaturated/α-hetero) is 2. The molecule has 0 amide bonds. The number of carbonyl (C=O) groups is 2. The van der Waals surface area contributed by atoms with Crippen LogP contribution in [0.25, 0.3) is 0 Å². The number of hydrogen-bond acceptors (Lipinski definition) is 8. The fourth-order valence-electron chi connectivity index (χ4n) is 3.92. The number of methoxy groups -OCH3 is 2. The number of benzene rings is 1. The normalized spacial score (nSPS) is 19.1. The van der Waals surface area contributed by atoms with Crippen molar-refractivity contribution in [1.29, 1.82) is 0 Å². The van der Waals surface area contributed by atoms with Gasteiger partial charge in [0.1, 0.15) is 43.1 Å². The zero-order chi connectivity index (χ0) is 23.9. The molecule has 2 rings (SSSR count). The van der Waals surface area contributed by atoms with E-state index in [1.807, 2.05) is 24.3 Å². The first-order valence-corrected chi connectivity index (χ1v) is 11.6. The zero-order valence-electron chi connectivity index (χ0n) is 20.1. The summed E-state index contributed by atoms with van der Waals surface area (Å²) in [6.45, 7) is 4.05. The third-order valence-electron chi connectivity index (χ3n) is 5.82. The van der Waals surface area contributed by atoms with E-state index in [0.29, 0.717) is 26.4 Å². The minimum absolute atomic E-state index is 0.0405. The number of carbonyl (C=O) groups excluding carboxylic acids is 2. The van der Waals surface area contributed by atoms with Crippen LogP contribution in [0.3, 0.4) is 0 Å². The van der Waals surface area contributed by atoms with Crippen molar-refractivity contribution in [1.82, 2.24) is 0 Å². The molecule has 0 N–H and O–H groups in total. The molecule has 0 aliphatic heterocycles. The van der Waals surface area contributed by atoms with Crippen molar-refractivity contribution in [3.8, 4) is 11.5 Å². The first-order chi connectivity index (χ1) is 16.0. The highest BCUT2D eigenvalue weighted by Gasteiger charge is 2.32.